The summed E-state index contributed by atoms with van der Waals surface area (Å²) in [5, 5.41) is 19.7. The van der Waals surface area contributed by atoms with Crippen LogP contribution in [-0.4, -0.2) is 47.5 Å². The molecule has 0 saturated heterocycles. The van der Waals surface area contributed by atoms with Crippen molar-refractivity contribution >= 4 is 0 Å². The summed E-state index contributed by atoms with van der Waals surface area (Å²) in [6, 6.07) is 28.1. The highest BCUT2D eigenvalue weighted by atomic mass is 16.5. The molecule has 2 N–H and O–H groups in total. The van der Waals surface area contributed by atoms with Crippen molar-refractivity contribution in [1.29, 1.82) is 0 Å². The molecule has 146 valence electrons. The maximum absolute atomic E-state index is 10.4. The van der Waals surface area contributed by atoms with Crippen LogP contribution in [0.2, 0.25) is 0 Å². The van der Waals surface area contributed by atoms with Gasteiger partial charge in [-0.15, -0.1) is 0 Å². The lowest BCUT2D eigenvalue weighted by molar-refractivity contribution is 0.0590. The first-order valence-electron chi connectivity index (χ1n) is 9.58. The fraction of sp³-hybridized carbons (Fsp3) is 0.250. The van der Waals surface area contributed by atoms with Gasteiger partial charge in [0, 0.05) is 19.6 Å². The van der Waals surface area contributed by atoms with Crippen molar-refractivity contribution in [2.24, 2.45) is 0 Å². The van der Waals surface area contributed by atoms with Crippen LogP contribution in [0.5, 0.6) is 5.75 Å². The van der Waals surface area contributed by atoms with Gasteiger partial charge in [0.25, 0.3) is 0 Å². The standard InChI is InChI=1S/C24H27NO3/c26-16-15-25(17-20-7-3-1-4-8-20)18-23(27)19-28-24-13-11-22(12-14-24)21-9-5-2-6-10-21/h1-14,23,26-27H,15-19H2/t23-/m0/s1. The van der Waals surface area contributed by atoms with Gasteiger partial charge >= 0.3 is 0 Å². The van der Waals surface area contributed by atoms with Gasteiger partial charge in [-0.25, -0.2) is 0 Å². The minimum absolute atomic E-state index is 0.0569. The molecule has 0 amide bonds. The van der Waals surface area contributed by atoms with Crippen LogP contribution in [0.25, 0.3) is 11.1 Å². The number of rotatable bonds is 10. The Morgan fingerprint density at radius 2 is 1.39 bits per heavy atom. The number of ether oxygens (including phenoxy) is 1. The zero-order valence-corrected chi connectivity index (χ0v) is 15.9. The molecule has 3 rings (SSSR count). The van der Waals surface area contributed by atoms with Gasteiger partial charge in [0.1, 0.15) is 18.5 Å². The van der Waals surface area contributed by atoms with Crippen LogP contribution in [0.3, 0.4) is 0 Å². The molecule has 28 heavy (non-hydrogen) atoms. The van der Waals surface area contributed by atoms with Crippen molar-refractivity contribution in [2.75, 3.05) is 26.3 Å². The zero-order chi connectivity index (χ0) is 19.6. The number of aliphatic hydroxyl groups excluding tert-OH is 2. The molecule has 0 aromatic heterocycles. The lowest BCUT2D eigenvalue weighted by atomic mass is 10.1. The monoisotopic (exact) mass is 377 g/mol. The number of benzene rings is 3. The summed E-state index contributed by atoms with van der Waals surface area (Å²) in [6.45, 7) is 1.91. The molecule has 0 spiro atoms. The molecule has 3 aromatic carbocycles. The summed E-state index contributed by atoms with van der Waals surface area (Å²) in [6.07, 6.45) is -0.635. The van der Waals surface area contributed by atoms with Crippen LogP contribution in [0, 0.1) is 0 Å². The van der Waals surface area contributed by atoms with Crippen LogP contribution < -0.4 is 4.74 Å². The quantitative estimate of drug-likeness (QED) is 0.567. The third kappa shape index (κ3) is 6.20. The number of aliphatic hydroxyl groups is 2. The van der Waals surface area contributed by atoms with E-state index in [-0.39, 0.29) is 13.2 Å². The topological polar surface area (TPSA) is 52.9 Å². The summed E-state index contributed by atoms with van der Waals surface area (Å²) in [7, 11) is 0. The highest BCUT2D eigenvalue weighted by molar-refractivity contribution is 5.63. The molecule has 4 heteroatoms. The van der Waals surface area contributed by atoms with Crippen molar-refractivity contribution < 1.29 is 14.9 Å². The van der Waals surface area contributed by atoms with Crippen LogP contribution in [0.1, 0.15) is 5.56 Å². The van der Waals surface area contributed by atoms with Gasteiger partial charge in [-0.05, 0) is 28.8 Å². The predicted molar refractivity (Wildman–Crippen MR) is 112 cm³/mol. The Bertz CT molecular complexity index is 806. The van der Waals surface area contributed by atoms with Gasteiger partial charge in [-0.2, -0.15) is 0 Å². The zero-order valence-electron chi connectivity index (χ0n) is 15.9. The van der Waals surface area contributed by atoms with Crippen LogP contribution >= 0.6 is 0 Å². The van der Waals surface area contributed by atoms with Crippen LogP contribution in [0.4, 0.5) is 0 Å². The molecular formula is C24H27NO3. The molecule has 0 fully saturated rings. The molecule has 0 bridgehead atoms. The number of nitrogens with zero attached hydrogens (tertiary/aromatic N) is 1. The fourth-order valence-corrected chi connectivity index (χ4v) is 3.14. The van der Waals surface area contributed by atoms with Crippen molar-refractivity contribution in [2.45, 2.75) is 12.6 Å². The summed E-state index contributed by atoms with van der Waals surface area (Å²) in [4.78, 5) is 2.03. The van der Waals surface area contributed by atoms with E-state index in [1.807, 2.05) is 77.7 Å². The van der Waals surface area contributed by atoms with Crippen molar-refractivity contribution in [3.63, 3.8) is 0 Å². The summed E-state index contributed by atoms with van der Waals surface area (Å²) < 4.78 is 5.75. The third-order valence-corrected chi connectivity index (χ3v) is 4.54. The van der Waals surface area contributed by atoms with Gasteiger partial charge in [0.05, 0.1) is 6.61 Å². The number of hydrogen-bond donors (Lipinski definition) is 2. The Labute approximate surface area is 166 Å². The first-order valence-corrected chi connectivity index (χ1v) is 9.58. The van der Waals surface area contributed by atoms with Crippen molar-refractivity contribution in [3.05, 3.63) is 90.5 Å². The first kappa shape index (κ1) is 20.1. The van der Waals surface area contributed by atoms with Crippen LogP contribution in [-0.2, 0) is 6.54 Å². The molecule has 0 radical (unpaired) electrons. The Hall–Kier alpha value is -2.66. The molecule has 0 aliphatic rings. The lowest BCUT2D eigenvalue weighted by Gasteiger charge is -2.24. The summed E-state index contributed by atoms with van der Waals surface area (Å²) in [5.74, 6) is 0.732. The lowest BCUT2D eigenvalue weighted by Crippen LogP contribution is -2.37. The molecule has 0 heterocycles. The summed E-state index contributed by atoms with van der Waals surface area (Å²) in [5.41, 5.74) is 3.45. The Morgan fingerprint density at radius 3 is 2.04 bits per heavy atom. The minimum atomic E-state index is -0.635. The van der Waals surface area contributed by atoms with E-state index < -0.39 is 6.10 Å². The maximum Gasteiger partial charge on any atom is 0.119 e. The van der Waals surface area contributed by atoms with Crippen molar-refractivity contribution in [3.8, 4) is 16.9 Å². The van der Waals surface area contributed by atoms with Gasteiger partial charge in [0.15, 0.2) is 0 Å². The maximum atomic E-state index is 10.4. The molecule has 4 nitrogen and oxygen atoms in total. The van der Waals surface area contributed by atoms with E-state index in [1.54, 1.807) is 0 Å². The smallest absolute Gasteiger partial charge is 0.119 e. The van der Waals surface area contributed by atoms with E-state index >= 15 is 0 Å². The highest BCUT2D eigenvalue weighted by Gasteiger charge is 2.13. The highest BCUT2D eigenvalue weighted by Crippen LogP contribution is 2.22. The largest absolute Gasteiger partial charge is 0.491 e. The Balaban J connectivity index is 1.50. The molecule has 0 saturated carbocycles. The molecule has 1 atom stereocenters. The SMILES string of the molecule is OCCN(Cc1ccccc1)C[C@H](O)COc1ccc(-c2ccccc2)cc1. The van der Waals surface area contributed by atoms with E-state index in [0.29, 0.717) is 19.6 Å². The van der Waals surface area contributed by atoms with E-state index in [4.69, 9.17) is 4.74 Å². The van der Waals surface area contributed by atoms with E-state index in [9.17, 15) is 10.2 Å². The Morgan fingerprint density at radius 1 is 0.786 bits per heavy atom. The van der Waals surface area contributed by atoms with Gasteiger partial charge in [0.2, 0.25) is 0 Å². The average Bonchev–Trinajstić information content (AvgIpc) is 2.74. The third-order valence-electron chi connectivity index (χ3n) is 4.54. The second-order valence-electron chi connectivity index (χ2n) is 6.80. The Kier molecular flexibility index (Phi) is 7.62. The minimum Gasteiger partial charge on any atom is -0.491 e. The van der Waals surface area contributed by atoms with Gasteiger partial charge < -0.3 is 14.9 Å². The van der Waals surface area contributed by atoms with Gasteiger partial charge in [-0.3, -0.25) is 4.90 Å². The molecule has 0 unspecified atom stereocenters. The second kappa shape index (κ2) is 10.6. The van der Waals surface area contributed by atoms with Crippen molar-refractivity contribution in [1.82, 2.24) is 4.90 Å². The van der Waals surface area contributed by atoms with E-state index in [1.165, 1.54) is 0 Å². The molecular weight excluding hydrogens is 350 g/mol. The van der Waals surface area contributed by atoms with E-state index in [2.05, 4.69) is 12.1 Å². The first-order chi connectivity index (χ1) is 13.7. The molecule has 0 aliphatic heterocycles. The second-order valence-corrected chi connectivity index (χ2v) is 6.80. The normalized spacial score (nSPS) is 12.1. The van der Waals surface area contributed by atoms with Crippen LogP contribution in [0.15, 0.2) is 84.9 Å². The average molecular weight is 377 g/mol. The fourth-order valence-electron chi connectivity index (χ4n) is 3.14. The number of hydrogen-bond acceptors (Lipinski definition) is 4. The molecule has 0 aliphatic carbocycles. The predicted octanol–water partition coefficient (Wildman–Crippen LogP) is 3.59. The van der Waals surface area contributed by atoms with Gasteiger partial charge in [-0.1, -0.05) is 72.8 Å². The molecule has 3 aromatic rings. The van der Waals surface area contributed by atoms with E-state index in [0.717, 1.165) is 22.4 Å². The summed E-state index contributed by atoms with van der Waals surface area (Å²) >= 11 is 0.